The molecule has 20 heavy (non-hydrogen) atoms. The van der Waals surface area contributed by atoms with Gasteiger partial charge in [-0.05, 0) is 32.5 Å². The van der Waals surface area contributed by atoms with Gasteiger partial charge in [-0.3, -0.25) is 9.69 Å². The second kappa shape index (κ2) is 7.97. The summed E-state index contributed by atoms with van der Waals surface area (Å²) >= 11 is 0. The molecule has 1 N–H and O–H groups in total. The molecule has 5 heteroatoms. The van der Waals surface area contributed by atoms with Crippen LogP contribution in [0.5, 0.6) is 5.75 Å². The third-order valence-electron chi connectivity index (χ3n) is 3.13. The quantitative estimate of drug-likeness (QED) is 0.588. The van der Waals surface area contributed by atoms with Crippen molar-refractivity contribution < 1.29 is 19.0 Å². The van der Waals surface area contributed by atoms with E-state index in [9.17, 15) is 14.3 Å². The number of ketones is 1. The SMILES string of the molecule is CCOCCN(CC)Cc1cc(F)cc(C(C)=O)c1O. The lowest BCUT2D eigenvalue weighted by Crippen LogP contribution is -2.27. The van der Waals surface area contributed by atoms with Crippen LogP contribution in [0.3, 0.4) is 0 Å². The van der Waals surface area contributed by atoms with E-state index in [1.54, 1.807) is 0 Å². The van der Waals surface area contributed by atoms with Crippen molar-refractivity contribution in [2.45, 2.75) is 27.3 Å². The Morgan fingerprint density at radius 3 is 2.65 bits per heavy atom. The molecule has 0 spiro atoms. The number of aromatic hydroxyl groups is 1. The highest BCUT2D eigenvalue weighted by Crippen LogP contribution is 2.26. The van der Waals surface area contributed by atoms with Crippen LogP contribution in [0.1, 0.15) is 36.7 Å². The average molecular weight is 283 g/mol. The second-order valence-corrected chi connectivity index (χ2v) is 4.58. The van der Waals surface area contributed by atoms with Gasteiger partial charge < -0.3 is 9.84 Å². The first-order valence-electron chi connectivity index (χ1n) is 6.82. The molecule has 0 aliphatic rings. The van der Waals surface area contributed by atoms with E-state index in [1.165, 1.54) is 13.0 Å². The van der Waals surface area contributed by atoms with E-state index in [2.05, 4.69) is 0 Å². The molecule has 0 amide bonds. The highest BCUT2D eigenvalue weighted by Gasteiger charge is 2.15. The Hall–Kier alpha value is -1.46. The lowest BCUT2D eigenvalue weighted by molar-refractivity contribution is 0.101. The number of nitrogens with zero attached hydrogens (tertiary/aromatic N) is 1. The maximum atomic E-state index is 13.5. The summed E-state index contributed by atoms with van der Waals surface area (Å²) in [7, 11) is 0. The second-order valence-electron chi connectivity index (χ2n) is 4.58. The molecule has 0 saturated carbocycles. The number of hydrogen-bond acceptors (Lipinski definition) is 4. The molecule has 0 unspecified atom stereocenters. The summed E-state index contributed by atoms with van der Waals surface area (Å²) in [6.45, 7) is 8.27. The summed E-state index contributed by atoms with van der Waals surface area (Å²) in [6.07, 6.45) is 0. The van der Waals surface area contributed by atoms with Crippen LogP contribution in [0, 0.1) is 5.82 Å². The average Bonchev–Trinajstić information content (AvgIpc) is 2.40. The summed E-state index contributed by atoms with van der Waals surface area (Å²) < 4.78 is 18.8. The first-order valence-corrected chi connectivity index (χ1v) is 6.82. The van der Waals surface area contributed by atoms with Gasteiger partial charge >= 0.3 is 0 Å². The number of phenolic OH excluding ortho intramolecular Hbond substituents is 1. The lowest BCUT2D eigenvalue weighted by Gasteiger charge is -2.21. The maximum absolute atomic E-state index is 13.5. The van der Waals surface area contributed by atoms with Crippen molar-refractivity contribution >= 4 is 5.78 Å². The van der Waals surface area contributed by atoms with Crippen molar-refractivity contribution in [1.82, 2.24) is 4.90 Å². The van der Waals surface area contributed by atoms with Gasteiger partial charge in [0.25, 0.3) is 0 Å². The Morgan fingerprint density at radius 1 is 1.40 bits per heavy atom. The van der Waals surface area contributed by atoms with Gasteiger partial charge in [-0.25, -0.2) is 4.39 Å². The number of Topliss-reactive ketones (excluding diaryl/α,β-unsaturated/α-hetero) is 1. The van der Waals surface area contributed by atoms with Gasteiger partial charge in [-0.15, -0.1) is 0 Å². The fourth-order valence-corrected chi connectivity index (χ4v) is 1.97. The number of carbonyl (C=O) groups is 1. The molecule has 0 aliphatic carbocycles. The number of benzene rings is 1. The maximum Gasteiger partial charge on any atom is 0.163 e. The molecule has 4 nitrogen and oxygen atoms in total. The number of phenols is 1. The van der Waals surface area contributed by atoms with Gasteiger partial charge in [0.05, 0.1) is 12.2 Å². The topological polar surface area (TPSA) is 49.8 Å². The minimum Gasteiger partial charge on any atom is -0.507 e. The summed E-state index contributed by atoms with van der Waals surface area (Å²) in [4.78, 5) is 13.4. The Balaban J connectivity index is 2.87. The van der Waals surface area contributed by atoms with Crippen LogP contribution in [0.25, 0.3) is 0 Å². The van der Waals surface area contributed by atoms with E-state index in [-0.39, 0.29) is 17.1 Å². The van der Waals surface area contributed by atoms with Crippen LogP contribution in [0.15, 0.2) is 12.1 Å². The van der Waals surface area contributed by atoms with Crippen molar-refractivity contribution in [2.75, 3.05) is 26.3 Å². The van der Waals surface area contributed by atoms with E-state index in [1.807, 2.05) is 18.7 Å². The van der Waals surface area contributed by atoms with E-state index in [0.29, 0.717) is 31.9 Å². The van der Waals surface area contributed by atoms with Gasteiger partial charge in [-0.1, -0.05) is 6.92 Å². The molecule has 0 heterocycles. The van der Waals surface area contributed by atoms with Gasteiger partial charge in [-0.2, -0.15) is 0 Å². The van der Waals surface area contributed by atoms with Crippen molar-refractivity contribution in [3.8, 4) is 5.75 Å². The normalized spacial score (nSPS) is 11.1. The number of hydrogen-bond donors (Lipinski definition) is 1. The molecule has 0 aromatic heterocycles. The zero-order chi connectivity index (χ0) is 15.1. The Kier molecular flexibility index (Phi) is 6.61. The molecule has 1 rings (SSSR count). The summed E-state index contributed by atoms with van der Waals surface area (Å²) in [5, 5.41) is 10.1. The molecule has 0 radical (unpaired) electrons. The molecule has 0 atom stereocenters. The Bertz CT molecular complexity index is 463. The third kappa shape index (κ3) is 4.58. The van der Waals surface area contributed by atoms with Gasteiger partial charge in [0.15, 0.2) is 5.78 Å². The van der Waals surface area contributed by atoms with Gasteiger partial charge in [0, 0.05) is 25.3 Å². The molecule has 0 fully saturated rings. The lowest BCUT2D eigenvalue weighted by atomic mass is 10.0. The van der Waals surface area contributed by atoms with Gasteiger partial charge in [0.2, 0.25) is 0 Å². The van der Waals surface area contributed by atoms with Crippen LogP contribution in [-0.4, -0.2) is 42.1 Å². The summed E-state index contributed by atoms with van der Waals surface area (Å²) in [5.74, 6) is -0.988. The molecule has 0 saturated heterocycles. The summed E-state index contributed by atoms with van der Waals surface area (Å²) in [5.41, 5.74) is 0.453. The first kappa shape index (κ1) is 16.6. The number of rotatable bonds is 8. The number of carbonyl (C=O) groups excluding carboxylic acids is 1. The number of halogens is 1. The highest BCUT2D eigenvalue weighted by molar-refractivity contribution is 5.97. The van der Waals surface area contributed by atoms with Crippen LogP contribution >= 0.6 is 0 Å². The monoisotopic (exact) mass is 283 g/mol. The van der Waals surface area contributed by atoms with Gasteiger partial charge in [0.1, 0.15) is 11.6 Å². The first-order chi connectivity index (χ1) is 9.49. The van der Waals surface area contributed by atoms with Crippen LogP contribution in [0.4, 0.5) is 4.39 Å². The van der Waals surface area contributed by atoms with Crippen LogP contribution in [0.2, 0.25) is 0 Å². The van der Waals surface area contributed by atoms with E-state index in [0.717, 1.165) is 12.6 Å². The highest BCUT2D eigenvalue weighted by atomic mass is 19.1. The van der Waals surface area contributed by atoms with Crippen LogP contribution < -0.4 is 0 Å². The van der Waals surface area contributed by atoms with E-state index in [4.69, 9.17) is 4.74 Å². The predicted octanol–water partition coefficient (Wildman–Crippen LogP) is 2.59. The Morgan fingerprint density at radius 2 is 2.10 bits per heavy atom. The standard InChI is InChI=1S/C15H22FNO3/c1-4-17(6-7-20-5-2)10-12-8-13(16)9-14(11(3)18)15(12)19/h8-9,19H,4-7,10H2,1-3H3. The third-order valence-corrected chi connectivity index (χ3v) is 3.13. The van der Waals surface area contributed by atoms with Crippen molar-refractivity contribution in [1.29, 1.82) is 0 Å². The number of ether oxygens (including phenoxy) is 1. The molecular formula is C15H22FNO3. The largest absolute Gasteiger partial charge is 0.507 e. The zero-order valence-electron chi connectivity index (χ0n) is 12.3. The number of likely N-dealkylation sites (N-methyl/N-ethyl adjacent to an activating group) is 1. The molecule has 112 valence electrons. The summed E-state index contributed by atoms with van der Waals surface area (Å²) in [6, 6.07) is 2.34. The molecule has 1 aromatic rings. The minimum absolute atomic E-state index is 0.0286. The predicted molar refractivity (Wildman–Crippen MR) is 75.5 cm³/mol. The van der Waals surface area contributed by atoms with E-state index >= 15 is 0 Å². The van der Waals surface area contributed by atoms with Crippen LogP contribution in [-0.2, 0) is 11.3 Å². The smallest absolute Gasteiger partial charge is 0.163 e. The Labute approximate surface area is 119 Å². The van der Waals surface area contributed by atoms with Crippen molar-refractivity contribution in [3.63, 3.8) is 0 Å². The molecule has 1 aromatic carbocycles. The fourth-order valence-electron chi connectivity index (χ4n) is 1.97. The van der Waals surface area contributed by atoms with Crippen molar-refractivity contribution in [3.05, 3.63) is 29.1 Å². The van der Waals surface area contributed by atoms with Crippen molar-refractivity contribution in [2.24, 2.45) is 0 Å². The fraction of sp³-hybridized carbons (Fsp3) is 0.533. The zero-order valence-corrected chi connectivity index (χ0v) is 12.3. The molecule has 0 aliphatic heterocycles. The molecular weight excluding hydrogens is 261 g/mol. The molecule has 0 bridgehead atoms. The minimum atomic E-state index is -0.510. The van der Waals surface area contributed by atoms with E-state index < -0.39 is 5.82 Å².